The van der Waals surface area contributed by atoms with Gasteiger partial charge in [-0.2, -0.15) is 4.98 Å². The van der Waals surface area contributed by atoms with Crippen LogP contribution in [0.5, 0.6) is 0 Å². The van der Waals surface area contributed by atoms with E-state index in [4.69, 9.17) is 14.0 Å². The molecular formula is C15H26N5O5P3. The number of rotatable bonds is 11. The van der Waals surface area contributed by atoms with E-state index in [0.29, 0.717) is 11.6 Å². The van der Waals surface area contributed by atoms with E-state index in [1.165, 1.54) is 6.33 Å². The van der Waals surface area contributed by atoms with Gasteiger partial charge in [-0.1, -0.05) is 29.7 Å². The Labute approximate surface area is 169 Å². The van der Waals surface area contributed by atoms with Crippen LogP contribution in [0.2, 0.25) is 0 Å². The van der Waals surface area contributed by atoms with Crippen LogP contribution in [0.4, 0.5) is 5.95 Å². The molecule has 0 radical (unpaired) electrons. The Kier molecular flexibility index (Phi) is 9.19. The number of esters is 1. The van der Waals surface area contributed by atoms with Crippen molar-refractivity contribution in [2.45, 2.75) is 33.6 Å². The first kappa shape index (κ1) is 23.1. The van der Waals surface area contributed by atoms with Crippen LogP contribution in [0.1, 0.15) is 20.8 Å². The molecule has 2 rings (SSSR count). The van der Waals surface area contributed by atoms with Crippen molar-refractivity contribution in [2.75, 3.05) is 18.3 Å². The van der Waals surface area contributed by atoms with E-state index in [9.17, 15) is 9.59 Å². The van der Waals surface area contributed by atoms with Gasteiger partial charge in [0.25, 0.3) is 5.56 Å². The molecular weight excluding hydrogens is 423 g/mol. The highest BCUT2D eigenvalue weighted by Crippen LogP contribution is 2.22. The molecule has 5 atom stereocenters. The van der Waals surface area contributed by atoms with Gasteiger partial charge in [0.05, 0.1) is 18.9 Å². The Morgan fingerprint density at radius 1 is 1.39 bits per heavy atom. The Balaban J connectivity index is 2.05. The van der Waals surface area contributed by atoms with Gasteiger partial charge in [0.1, 0.15) is 19.4 Å². The molecule has 4 unspecified atom stereocenters. The van der Waals surface area contributed by atoms with Crippen molar-refractivity contribution in [3.8, 4) is 0 Å². The third kappa shape index (κ3) is 6.16. The quantitative estimate of drug-likeness (QED) is 0.394. The second-order valence-electron chi connectivity index (χ2n) is 6.45. The van der Waals surface area contributed by atoms with Crippen LogP contribution < -0.4 is 10.6 Å². The fraction of sp³-hybridized carbons (Fsp3) is 0.600. The lowest BCUT2D eigenvalue weighted by atomic mass is 9.99. The van der Waals surface area contributed by atoms with E-state index in [1.54, 1.807) is 4.57 Å². The van der Waals surface area contributed by atoms with Crippen molar-refractivity contribution in [3.05, 3.63) is 16.7 Å². The summed E-state index contributed by atoms with van der Waals surface area (Å²) in [4.78, 5) is 35.0. The fourth-order valence-corrected chi connectivity index (χ4v) is 2.87. The largest absolute Gasteiger partial charge is 0.463 e. The topological polar surface area (TPSA) is 120 Å². The highest BCUT2D eigenvalue weighted by Gasteiger charge is 2.21. The number of carbonyl (C=O) groups is 1. The van der Waals surface area contributed by atoms with E-state index in [-0.39, 0.29) is 57.3 Å². The Bertz CT molecular complexity index is 843. The summed E-state index contributed by atoms with van der Waals surface area (Å²) in [6.07, 6.45) is 1.01. The molecule has 0 amide bonds. The molecule has 0 aliphatic carbocycles. The lowest BCUT2D eigenvalue weighted by Crippen LogP contribution is -2.29. The summed E-state index contributed by atoms with van der Waals surface area (Å²) in [5, 5.41) is 2.71. The minimum Gasteiger partial charge on any atom is -0.463 e. The number of carbonyl (C=O) groups excluding carboxylic acids is 1. The Hall–Kier alpha value is -1.17. The van der Waals surface area contributed by atoms with Gasteiger partial charge in [-0.15, -0.1) is 0 Å². The molecule has 156 valence electrons. The van der Waals surface area contributed by atoms with E-state index in [0.717, 1.165) is 0 Å². The number of hydrogen-bond donors (Lipinski definition) is 2. The predicted octanol–water partition coefficient (Wildman–Crippen LogP) is 1.90. The third-order valence-electron chi connectivity index (χ3n) is 4.20. The monoisotopic (exact) mass is 449 g/mol. The zero-order valence-corrected chi connectivity index (χ0v) is 19.3. The summed E-state index contributed by atoms with van der Waals surface area (Å²) in [7, 11) is 4.96. The van der Waals surface area contributed by atoms with Gasteiger partial charge < -0.3 is 19.1 Å². The third-order valence-corrected chi connectivity index (χ3v) is 5.30. The number of nitrogens with zero attached hydrogens (tertiary/aromatic N) is 3. The molecule has 10 nitrogen and oxygen atoms in total. The second-order valence-corrected chi connectivity index (χ2v) is 7.97. The van der Waals surface area contributed by atoms with Gasteiger partial charge in [-0.05, 0) is 15.3 Å². The number of hydrogen-bond acceptors (Lipinski definition) is 8. The van der Waals surface area contributed by atoms with Gasteiger partial charge in [-0.3, -0.25) is 19.1 Å². The zero-order valence-electron chi connectivity index (χ0n) is 16.0. The van der Waals surface area contributed by atoms with Crippen LogP contribution in [-0.4, -0.2) is 44.8 Å². The molecule has 0 saturated carbocycles. The molecule has 0 saturated heterocycles. The van der Waals surface area contributed by atoms with E-state index < -0.39 is 6.10 Å². The summed E-state index contributed by atoms with van der Waals surface area (Å²) >= 11 is 0. The second kappa shape index (κ2) is 11.1. The summed E-state index contributed by atoms with van der Waals surface area (Å²) in [6, 6.07) is 0. The number of aromatic nitrogens is 4. The minimum absolute atomic E-state index is 0.0735. The highest BCUT2D eigenvalue weighted by molar-refractivity contribution is 8.00. The van der Waals surface area contributed by atoms with Crippen molar-refractivity contribution in [2.24, 2.45) is 11.8 Å². The van der Waals surface area contributed by atoms with Crippen LogP contribution >= 0.6 is 26.8 Å². The van der Waals surface area contributed by atoms with Gasteiger partial charge in [0.2, 0.25) is 5.95 Å². The van der Waals surface area contributed by atoms with Crippen LogP contribution in [-0.2, 0) is 25.5 Å². The first-order valence-electron chi connectivity index (χ1n) is 8.64. The van der Waals surface area contributed by atoms with Crippen molar-refractivity contribution < 1.29 is 18.8 Å². The lowest BCUT2D eigenvalue weighted by Gasteiger charge is -2.20. The standard InChI is InChI=1S/C15H26N5O5P3/c1-8(2)9(3)14(22)23-4-10(5-25-28-27)24-7-20-6-16-11-12(20)17-15(19-26)18-13(11)21/h6,8-10,28H,4-5,7,26-27H2,1-3H3,(H2,17,18,19,21)/t9-,10?/m1/s1. The first-order chi connectivity index (χ1) is 13.4. The molecule has 2 aromatic rings. The van der Waals surface area contributed by atoms with Crippen LogP contribution in [0, 0.1) is 11.8 Å². The van der Waals surface area contributed by atoms with Crippen LogP contribution in [0.3, 0.4) is 0 Å². The van der Waals surface area contributed by atoms with Gasteiger partial charge >= 0.3 is 5.97 Å². The molecule has 0 bridgehead atoms. The molecule has 2 aromatic heterocycles. The molecule has 13 heteroatoms. The fourth-order valence-electron chi connectivity index (χ4n) is 2.17. The van der Waals surface area contributed by atoms with Gasteiger partial charge in [0.15, 0.2) is 11.2 Å². The van der Waals surface area contributed by atoms with Gasteiger partial charge in [-0.25, -0.2) is 4.98 Å². The molecule has 2 heterocycles. The maximum absolute atomic E-state index is 12.1. The average Bonchev–Trinajstić information content (AvgIpc) is 3.09. The number of H-pyrrole nitrogens is 1. The normalized spacial score (nSPS) is 14.1. The summed E-state index contributed by atoms with van der Waals surface area (Å²) in [5.41, 5.74) is 0.241. The smallest absolute Gasteiger partial charge is 0.309 e. The number of aromatic amines is 1. The minimum atomic E-state index is -0.463. The number of ether oxygens (including phenoxy) is 2. The van der Waals surface area contributed by atoms with Crippen molar-refractivity contribution in [3.63, 3.8) is 0 Å². The van der Waals surface area contributed by atoms with E-state index >= 15 is 0 Å². The lowest BCUT2D eigenvalue weighted by molar-refractivity contribution is -0.155. The van der Waals surface area contributed by atoms with Crippen LogP contribution in [0.15, 0.2) is 11.1 Å². The summed E-state index contributed by atoms with van der Waals surface area (Å²) < 4.78 is 18.2. The Morgan fingerprint density at radius 3 is 2.79 bits per heavy atom. The average molecular weight is 449 g/mol. The van der Waals surface area contributed by atoms with Crippen molar-refractivity contribution in [1.82, 2.24) is 19.5 Å². The molecule has 0 spiro atoms. The predicted molar refractivity (Wildman–Crippen MR) is 115 cm³/mol. The molecule has 2 N–H and O–H groups in total. The molecule has 0 aromatic carbocycles. The highest BCUT2D eigenvalue weighted by atomic mass is 32.0. The van der Waals surface area contributed by atoms with Crippen LogP contribution in [0.25, 0.3) is 11.2 Å². The van der Waals surface area contributed by atoms with Gasteiger partial charge in [0, 0.05) is 8.50 Å². The molecule has 28 heavy (non-hydrogen) atoms. The zero-order chi connectivity index (χ0) is 20.7. The molecule has 0 fully saturated rings. The number of imidazole rings is 1. The first-order valence-corrected chi connectivity index (χ1v) is 11.9. The maximum Gasteiger partial charge on any atom is 0.309 e. The molecule has 0 aliphatic rings. The number of anilines is 1. The summed E-state index contributed by atoms with van der Waals surface area (Å²) in [5.74, 6) is 0.0218. The van der Waals surface area contributed by atoms with Crippen molar-refractivity contribution >= 4 is 49.9 Å². The number of nitrogens with one attached hydrogen (secondary N) is 2. The summed E-state index contributed by atoms with van der Waals surface area (Å²) in [6.45, 7) is 6.19. The van der Waals surface area contributed by atoms with E-state index in [2.05, 4.69) is 38.4 Å². The maximum atomic E-state index is 12.1. The van der Waals surface area contributed by atoms with Crippen molar-refractivity contribution in [1.29, 1.82) is 0 Å². The molecule has 0 aliphatic heterocycles. The SMILES string of the molecule is CC(C)[C@@H](C)C(=O)OCC(COPP)OCn1cnc2c(=O)[nH]c(NP)nc21. The van der Waals surface area contributed by atoms with E-state index in [1.807, 2.05) is 20.8 Å². The Morgan fingerprint density at radius 2 is 2.14 bits per heavy atom. The number of fused-ring (bicyclic) bond motifs is 1.